The maximum absolute atomic E-state index is 4.28. The Hall–Kier alpha value is -1.57. The third kappa shape index (κ3) is 1.61. The molecule has 0 bridgehead atoms. The molecule has 0 unspecified atom stereocenters. The van der Waals surface area contributed by atoms with E-state index in [9.17, 15) is 0 Å². The summed E-state index contributed by atoms with van der Waals surface area (Å²) >= 11 is 0. The summed E-state index contributed by atoms with van der Waals surface area (Å²) in [7, 11) is 1.90. The van der Waals surface area contributed by atoms with Gasteiger partial charge in [-0.25, -0.2) is 4.99 Å². The summed E-state index contributed by atoms with van der Waals surface area (Å²) in [6.45, 7) is 0. The lowest BCUT2D eigenvalue weighted by atomic mass is 10.0. The molecule has 1 aliphatic rings. The van der Waals surface area contributed by atoms with Gasteiger partial charge in [-0.3, -0.25) is 0 Å². The van der Waals surface area contributed by atoms with E-state index in [0.29, 0.717) is 0 Å². The van der Waals surface area contributed by atoms with Crippen LogP contribution in [-0.2, 0) is 6.42 Å². The summed E-state index contributed by atoms with van der Waals surface area (Å²) in [5, 5.41) is 3.08. The van der Waals surface area contributed by atoms with Crippen molar-refractivity contribution in [3.63, 3.8) is 0 Å². The average Bonchev–Trinajstić information content (AvgIpc) is 2.38. The molecule has 0 fully saturated rings. The summed E-state index contributed by atoms with van der Waals surface area (Å²) in [5.41, 5.74) is 2.58. The van der Waals surface area contributed by atoms with Crippen LogP contribution in [0.2, 0.25) is 0 Å². The highest BCUT2D eigenvalue weighted by atomic mass is 15.0. The molecule has 0 atom stereocenters. The predicted octanol–water partition coefficient (Wildman–Crippen LogP) is 1.83. The summed E-state index contributed by atoms with van der Waals surface area (Å²) in [4.78, 5) is 4.28. The first-order valence-corrected chi connectivity index (χ1v) is 4.39. The lowest BCUT2D eigenvalue weighted by Crippen LogP contribution is -2.20. The zero-order chi connectivity index (χ0) is 9.10. The molecule has 1 aromatic carbocycles. The monoisotopic (exact) mass is 172 g/mol. The zero-order valence-electron chi connectivity index (χ0n) is 7.62. The van der Waals surface area contributed by atoms with Gasteiger partial charge in [-0.15, -0.1) is 0 Å². The molecule has 0 amide bonds. The summed E-state index contributed by atoms with van der Waals surface area (Å²) in [5.74, 6) is 1.02. The average molecular weight is 172 g/mol. The fraction of sp³-hybridized carbons (Fsp3) is 0.182. The number of nitrogens with zero attached hydrogens (tertiary/aromatic N) is 1. The number of hydrogen-bond donors (Lipinski definition) is 1. The number of likely N-dealkylation sites (N-methyl/N-ethyl adjacent to an activating group) is 1. The highest BCUT2D eigenvalue weighted by Crippen LogP contribution is 2.14. The van der Waals surface area contributed by atoms with E-state index in [2.05, 4.69) is 28.5 Å². The minimum absolute atomic E-state index is 0.889. The molecule has 66 valence electrons. The van der Waals surface area contributed by atoms with E-state index in [1.54, 1.807) is 0 Å². The highest BCUT2D eigenvalue weighted by Gasteiger charge is 2.04. The van der Waals surface area contributed by atoms with Crippen LogP contribution >= 0.6 is 0 Å². The zero-order valence-corrected chi connectivity index (χ0v) is 7.62. The number of rotatable bonds is 0. The number of fused-ring (bicyclic) bond motifs is 1. The van der Waals surface area contributed by atoms with Crippen LogP contribution in [-0.4, -0.2) is 12.9 Å². The van der Waals surface area contributed by atoms with Gasteiger partial charge < -0.3 is 5.32 Å². The summed E-state index contributed by atoms with van der Waals surface area (Å²) < 4.78 is 0. The van der Waals surface area contributed by atoms with E-state index in [0.717, 1.165) is 12.3 Å². The quantitative estimate of drug-likeness (QED) is 0.634. The molecule has 1 heterocycles. The SMILES string of the molecule is CNC1=NC=Cc2ccccc2C1. The first kappa shape index (κ1) is 8.05. The first-order valence-electron chi connectivity index (χ1n) is 4.39. The van der Waals surface area contributed by atoms with Crippen LogP contribution in [0.15, 0.2) is 35.5 Å². The fourth-order valence-corrected chi connectivity index (χ4v) is 1.44. The maximum atomic E-state index is 4.28. The van der Waals surface area contributed by atoms with Gasteiger partial charge in [0.25, 0.3) is 0 Å². The second-order valence-electron chi connectivity index (χ2n) is 3.02. The van der Waals surface area contributed by atoms with Crippen molar-refractivity contribution in [1.29, 1.82) is 0 Å². The molecule has 1 aliphatic heterocycles. The van der Waals surface area contributed by atoms with Crippen LogP contribution in [0, 0.1) is 0 Å². The topological polar surface area (TPSA) is 24.4 Å². The molecule has 0 spiro atoms. The summed E-state index contributed by atoms with van der Waals surface area (Å²) in [6, 6.07) is 8.36. The van der Waals surface area contributed by atoms with Crippen LogP contribution in [0.25, 0.3) is 6.08 Å². The van der Waals surface area contributed by atoms with Crippen molar-refractivity contribution in [3.05, 3.63) is 41.6 Å². The number of hydrogen-bond acceptors (Lipinski definition) is 2. The third-order valence-corrected chi connectivity index (χ3v) is 2.19. The molecule has 0 aliphatic carbocycles. The second-order valence-corrected chi connectivity index (χ2v) is 3.02. The molecular formula is C11H12N2. The normalized spacial score (nSPS) is 14.4. The van der Waals surface area contributed by atoms with E-state index in [1.807, 2.05) is 25.4 Å². The molecule has 13 heavy (non-hydrogen) atoms. The van der Waals surface area contributed by atoms with Crippen molar-refractivity contribution in [1.82, 2.24) is 5.32 Å². The predicted molar refractivity (Wildman–Crippen MR) is 55.7 cm³/mol. The van der Waals surface area contributed by atoms with Gasteiger partial charge in [0, 0.05) is 19.7 Å². The van der Waals surface area contributed by atoms with Crippen LogP contribution in [0.4, 0.5) is 0 Å². The van der Waals surface area contributed by atoms with Crippen LogP contribution < -0.4 is 5.32 Å². The van der Waals surface area contributed by atoms with Crippen LogP contribution in [0.5, 0.6) is 0 Å². The van der Waals surface area contributed by atoms with Gasteiger partial charge >= 0.3 is 0 Å². The van der Waals surface area contributed by atoms with E-state index < -0.39 is 0 Å². The van der Waals surface area contributed by atoms with Gasteiger partial charge in [-0.1, -0.05) is 24.3 Å². The van der Waals surface area contributed by atoms with E-state index in [-0.39, 0.29) is 0 Å². The molecule has 1 aromatic rings. The maximum Gasteiger partial charge on any atom is 0.106 e. The number of nitrogens with one attached hydrogen (secondary N) is 1. The Morgan fingerprint density at radius 2 is 2.15 bits per heavy atom. The molecule has 0 saturated heterocycles. The smallest absolute Gasteiger partial charge is 0.106 e. The Bertz CT molecular complexity index is 364. The Balaban J connectivity index is 2.40. The molecule has 1 N–H and O–H groups in total. The van der Waals surface area contributed by atoms with Gasteiger partial charge in [0.2, 0.25) is 0 Å². The molecule has 2 rings (SSSR count). The molecule has 2 heteroatoms. The van der Waals surface area contributed by atoms with Crippen molar-refractivity contribution in [2.45, 2.75) is 6.42 Å². The first-order chi connectivity index (χ1) is 6.40. The van der Waals surface area contributed by atoms with E-state index in [1.165, 1.54) is 11.1 Å². The van der Waals surface area contributed by atoms with Crippen molar-refractivity contribution in [2.75, 3.05) is 7.05 Å². The number of aliphatic imine (C=N–C) groups is 1. The van der Waals surface area contributed by atoms with Gasteiger partial charge in [0.15, 0.2) is 0 Å². The van der Waals surface area contributed by atoms with Gasteiger partial charge in [-0.2, -0.15) is 0 Å². The Morgan fingerprint density at radius 3 is 3.00 bits per heavy atom. The van der Waals surface area contributed by atoms with Crippen LogP contribution in [0.1, 0.15) is 11.1 Å². The van der Waals surface area contributed by atoms with E-state index >= 15 is 0 Å². The lowest BCUT2D eigenvalue weighted by molar-refractivity contribution is 1.10. The Morgan fingerprint density at radius 1 is 1.31 bits per heavy atom. The highest BCUT2D eigenvalue weighted by molar-refractivity contribution is 5.87. The standard InChI is InChI=1S/C11H12N2/c1-12-11-8-10-5-3-2-4-9(10)6-7-13-11/h2-7H,8H2,1H3,(H,12,13). The van der Waals surface area contributed by atoms with Crippen LogP contribution in [0.3, 0.4) is 0 Å². The van der Waals surface area contributed by atoms with Crippen molar-refractivity contribution in [2.24, 2.45) is 4.99 Å². The Kier molecular flexibility index (Phi) is 2.13. The minimum atomic E-state index is 0.889. The minimum Gasteiger partial charge on any atom is -0.376 e. The summed E-state index contributed by atoms with van der Waals surface area (Å²) in [6.07, 6.45) is 4.77. The molecule has 0 aromatic heterocycles. The number of amidine groups is 1. The fourth-order valence-electron chi connectivity index (χ4n) is 1.44. The van der Waals surface area contributed by atoms with Crippen molar-refractivity contribution >= 4 is 11.9 Å². The van der Waals surface area contributed by atoms with Gasteiger partial charge in [0.05, 0.1) is 0 Å². The molecule has 2 nitrogen and oxygen atoms in total. The van der Waals surface area contributed by atoms with E-state index in [4.69, 9.17) is 0 Å². The van der Waals surface area contributed by atoms with Gasteiger partial charge in [0.1, 0.15) is 5.84 Å². The second kappa shape index (κ2) is 3.44. The molecular weight excluding hydrogens is 160 g/mol. The van der Waals surface area contributed by atoms with Crippen molar-refractivity contribution < 1.29 is 0 Å². The van der Waals surface area contributed by atoms with Crippen molar-refractivity contribution in [3.8, 4) is 0 Å². The molecule has 0 radical (unpaired) electrons. The Labute approximate surface area is 78.0 Å². The lowest BCUT2D eigenvalue weighted by Gasteiger charge is -2.04. The number of benzene rings is 1. The van der Waals surface area contributed by atoms with Gasteiger partial charge in [-0.05, 0) is 17.2 Å². The molecule has 0 saturated carbocycles. The third-order valence-electron chi connectivity index (χ3n) is 2.19. The largest absolute Gasteiger partial charge is 0.376 e.